The van der Waals surface area contributed by atoms with Gasteiger partial charge in [-0.05, 0) is 56.2 Å². The van der Waals surface area contributed by atoms with Crippen molar-refractivity contribution in [3.8, 4) is 6.07 Å². The van der Waals surface area contributed by atoms with Gasteiger partial charge in [-0.25, -0.2) is 18.3 Å². The van der Waals surface area contributed by atoms with Crippen LogP contribution in [0.15, 0.2) is 23.0 Å². The molecule has 1 aromatic carbocycles. The average molecular weight is 356 g/mol. The molecule has 5 rings (SSSR count). The van der Waals surface area contributed by atoms with Gasteiger partial charge >= 0.3 is 5.69 Å². The highest BCUT2D eigenvalue weighted by molar-refractivity contribution is 5.25. The van der Waals surface area contributed by atoms with E-state index in [9.17, 15) is 18.8 Å². The highest BCUT2D eigenvalue weighted by Gasteiger charge is 2.57. The van der Waals surface area contributed by atoms with E-state index in [0.29, 0.717) is 30.7 Å². The molecule has 2 saturated carbocycles. The largest absolute Gasteiger partial charge is 0.347 e. The van der Waals surface area contributed by atoms with Crippen molar-refractivity contribution in [2.45, 2.75) is 56.5 Å². The van der Waals surface area contributed by atoms with Crippen LogP contribution in [0.1, 0.15) is 56.0 Å². The summed E-state index contributed by atoms with van der Waals surface area (Å²) in [5.74, 6) is -0.615. The number of benzene rings is 1. The molecule has 134 valence electrons. The molecule has 0 N–H and O–H groups in total. The Morgan fingerprint density at radius 3 is 2.46 bits per heavy atom. The molecule has 3 aliphatic rings. The van der Waals surface area contributed by atoms with Crippen LogP contribution in [0.3, 0.4) is 0 Å². The van der Waals surface area contributed by atoms with E-state index in [1.54, 1.807) is 9.25 Å². The van der Waals surface area contributed by atoms with E-state index >= 15 is 0 Å². The molecule has 0 radical (unpaired) electrons. The quantitative estimate of drug-likeness (QED) is 0.831. The van der Waals surface area contributed by atoms with Crippen molar-refractivity contribution in [1.82, 2.24) is 14.3 Å². The third-order valence-electron chi connectivity index (χ3n) is 6.60. The van der Waals surface area contributed by atoms with Crippen molar-refractivity contribution >= 4 is 0 Å². The fourth-order valence-corrected chi connectivity index (χ4v) is 5.31. The van der Waals surface area contributed by atoms with Gasteiger partial charge in [-0.15, -0.1) is 0 Å². The summed E-state index contributed by atoms with van der Waals surface area (Å²) in [6.45, 7) is 0. The number of nitriles is 1. The Hall–Kier alpha value is -2.49. The summed E-state index contributed by atoms with van der Waals surface area (Å²) in [6, 6.07) is 5.47. The Morgan fingerprint density at radius 2 is 1.85 bits per heavy atom. The van der Waals surface area contributed by atoms with Gasteiger partial charge in [0.1, 0.15) is 17.5 Å². The lowest BCUT2D eigenvalue weighted by molar-refractivity contribution is 0.249. The highest BCUT2D eigenvalue weighted by Crippen LogP contribution is 2.59. The molecule has 7 heteroatoms. The first-order valence-corrected chi connectivity index (χ1v) is 9.04. The topological polar surface area (TPSA) is 63.6 Å². The summed E-state index contributed by atoms with van der Waals surface area (Å²) in [5, 5.41) is 14.1. The van der Waals surface area contributed by atoms with Crippen molar-refractivity contribution in [2.24, 2.45) is 5.41 Å². The number of aromatic nitrogens is 3. The van der Waals surface area contributed by atoms with E-state index in [2.05, 4.69) is 11.2 Å². The van der Waals surface area contributed by atoms with Crippen LogP contribution in [0, 0.1) is 28.4 Å². The Kier molecular flexibility index (Phi) is 3.04. The predicted molar refractivity (Wildman–Crippen MR) is 88.4 cm³/mol. The molecule has 0 unspecified atom stereocenters. The molecule has 0 amide bonds. The molecule has 1 atom stereocenters. The van der Waals surface area contributed by atoms with E-state index < -0.39 is 17.7 Å². The Labute approximate surface area is 148 Å². The fraction of sp³-hybridized carbons (Fsp3) is 0.526. The van der Waals surface area contributed by atoms with Crippen LogP contribution in [0.4, 0.5) is 8.78 Å². The molecule has 1 aliphatic heterocycles. The van der Waals surface area contributed by atoms with Crippen molar-refractivity contribution in [3.05, 3.63) is 51.7 Å². The minimum Gasteiger partial charge on any atom is -0.271 e. The van der Waals surface area contributed by atoms with Gasteiger partial charge in [0, 0.05) is 12.5 Å². The van der Waals surface area contributed by atoms with Gasteiger partial charge in [0.15, 0.2) is 0 Å². The van der Waals surface area contributed by atoms with E-state index in [1.807, 2.05) is 0 Å². The zero-order chi connectivity index (χ0) is 18.1. The molecule has 2 bridgehead atoms. The van der Waals surface area contributed by atoms with Gasteiger partial charge < -0.3 is 0 Å². The molecule has 2 aromatic rings. The standard InChI is InChI=1S/C19H18F2N4O/c20-13-7-12(8-14(21)9-13)15-1-2-16-23-25(17(26)24(15)16)19-5-3-18(10-19,11-22)4-6-19/h7-9,15H,1-6,10H2/t15-,18?,19?/m0/s1. The zero-order valence-electron chi connectivity index (χ0n) is 14.2. The maximum Gasteiger partial charge on any atom is 0.347 e. The zero-order valence-corrected chi connectivity index (χ0v) is 14.2. The molecule has 0 spiro atoms. The number of rotatable bonds is 2. The SMILES string of the molecule is N#CC12CCC(n3nc4n(c3=O)[C@H](c3cc(F)cc(F)c3)CC4)(CC1)C2. The Bertz CT molecular complexity index is 987. The summed E-state index contributed by atoms with van der Waals surface area (Å²) in [7, 11) is 0. The average Bonchev–Trinajstić information content (AvgIpc) is 3.34. The monoisotopic (exact) mass is 356 g/mol. The van der Waals surface area contributed by atoms with Crippen molar-refractivity contribution in [3.63, 3.8) is 0 Å². The highest BCUT2D eigenvalue weighted by atomic mass is 19.1. The molecule has 0 saturated heterocycles. The second kappa shape index (κ2) is 5.03. The molecule has 2 heterocycles. The lowest BCUT2D eigenvalue weighted by Gasteiger charge is -2.26. The molecular weight excluding hydrogens is 338 g/mol. The van der Waals surface area contributed by atoms with Crippen LogP contribution in [-0.4, -0.2) is 14.3 Å². The summed E-state index contributed by atoms with van der Waals surface area (Å²) in [6.07, 6.45) is 5.06. The van der Waals surface area contributed by atoms with E-state index in [1.165, 1.54) is 12.1 Å². The number of fused-ring (bicyclic) bond motifs is 3. The number of hydrogen-bond acceptors (Lipinski definition) is 3. The van der Waals surface area contributed by atoms with Crippen molar-refractivity contribution in [1.29, 1.82) is 5.26 Å². The van der Waals surface area contributed by atoms with Gasteiger partial charge in [-0.2, -0.15) is 10.4 Å². The summed E-state index contributed by atoms with van der Waals surface area (Å²) < 4.78 is 30.4. The summed E-state index contributed by atoms with van der Waals surface area (Å²) in [5.41, 5.74) is -0.451. The summed E-state index contributed by atoms with van der Waals surface area (Å²) in [4.78, 5) is 13.2. The smallest absolute Gasteiger partial charge is 0.271 e. The van der Waals surface area contributed by atoms with Crippen LogP contribution in [0.5, 0.6) is 0 Å². The number of nitrogens with zero attached hydrogens (tertiary/aromatic N) is 4. The minimum atomic E-state index is -0.641. The van der Waals surface area contributed by atoms with Crippen LogP contribution < -0.4 is 5.69 Å². The third-order valence-corrected chi connectivity index (χ3v) is 6.60. The molecular formula is C19H18F2N4O. The second-order valence-electron chi connectivity index (χ2n) is 8.03. The van der Waals surface area contributed by atoms with Crippen LogP contribution in [-0.2, 0) is 12.0 Å². The molecule has 2 aliphatic carbocycles. The van der Waals surface area contributed by atoms with E-state index in [4.69, 9.17) is 0 Å². The molecule has 5 nitrogen and oxygen atoms in total. The van der Waals surface area contributed by atoms with Gasteiger partial charge in [0.05, 0.1) is 23.1 Å². The molecule has 2 fully saturated rings. The van der Waals surface area contributed by atoms with Crippen molar-refractivity contribution < 1.29 is 8.78 Å². The maximum absolute atomic E-state index is 13.6. The van der Waals surface area contributed by atoms with Gasteiger partial charge in [-0.1, -0.05) is 0 Å². The number of aryl methyl sites for hydroxylation is 1. The Morgan fingerprint density at radius 1 is 1.15 bits per heavy atom. The third kappa shape index (κ3) is 1.99. The van der Waals surface area contributed by atoms with E-state index in [0.717, 1.165) is 31.7 Å². The first-order chi connectivity index (χ1) is 12.5. The lowest BCUT2D eigenvalue weighted by Crippen LogP contribution is -2.40. The van der Waals surface area contributed by atoms with Crippen molar-refractivity contribution in [2.75, 3.05) is 0 Å². The lowest BCUT2D eigenvalue weighted by atomic mass is 9.86. The number of halogens is 2. The second-order valence-corrected chi connectivity index (χ2v) is 8.03. The van der Waals surface area contributed by atoms with Crippen LogP contribution in [0.25, 0.3) is 0 Å². The van der Waals surface area contributed by atoms with Gasteiger partial charge in [-0.3, -0.25) is 4.57 Å². The molecule has 26 heavy (non-hydrogen) atoms. The summed E-state index contributed by atoms with van der Waals surface area (Å²) >= 11 is 0. The number of hydrogen-bond donors (Lipinski definition) is 0. The van der Waals surface area contributed by atoms with Crippen LogP contribution >= 0.6 is 0 Å². The van der Waals surface area contributed by atoms with Gasteiger partial charge in [0.2, 0.25) is 0 Å². The minimum absolute atomic E-state index is 0.220. The first-order valence-electron chi connectivity index (χ1n) is 9.04. The Balaban J connectivity index is 1.58. The molecule has 1 aromatic heterocycles. The van der Waals surface area contributed by atoms with E-state index in [-0.39, 0.29) is 16.6 Å². The van der Waals surface area contributed by atoms with Gasteiger partial charge in [0.25, 0.3) is 0 Å². The maximum atomic E-state index is 13.6. The fourth-order valence-electron chi connectivity index (χ4n) is 5.31. The van der Waals surface area contributed by atoms with Crippen LogP contribution in [0.2, 0.25) is 0 Å². The normalized spacial score (nSPS) is 32.0. The first kappa shape index (κ1) is 15.7. The predicted octanol–water partition coefficient (Wildman–Crippen LogP) is 3.04.